The fraction of sp³-hybridized carbons (Fsp3) is 0.200. The predicted molar refractivity (Wildman–Crippen MR) is 113 cm³/mol. The highest BCUT2D eigenvalue weighted by Gasteiger charge is 2.27. The zero-order chi connectivity index (χ0) is 23.8. The van der Waals surface area contributed by atoms with Gasteiger partial charge in [-0.3, -0.25) is 4.79 Å². The summed E-state index contributed by atoms with van der Waals surface area (Å²) in [6.07, 6.45) is -4.40. The molecule has 3 aromatic rings. The molecule has 3 aromatic carbocycles. The molecule has 0 fully saturated rings. The van der Waals surface area contributed by atoms with E-state index in [1.165, 1.54) is 41.3 Å². The Balaban J connectivity index is 1.76. The lowest BCUT2D eigenvalue weighted by molar-refractivity contribution is -0.176. The highest BCUT2D eigenvalue weighted by atomic mass is 19.4. The standard InChI is InChI=1S/C25H20F4N2O2/c26-23-3-1-2-21(12-23)15-31(14-19-6-4-18(13-30)5-7-19)24(32)22-10-8-20(9-11-22)16-33-17-25(27,28)29/h1-12H,14-17H2. The fourth-order valence-corrected chi connectivity index (χ4v) is 3.17. The topological polar surface area (TPSA) is 53.3 Å². The van der Waals surface area contributed by atoms with Crippen LogP contribution in [-0.4, -0.2) is 23.6 Å². The number of carbonyl (C=O) groups is 1. The quantitative estimate of drug-likeness (QED) is 0.414. The van der Waals surface area contributed by atoms with E-state index in [1.54, 1.807) is 36.4 Å². The molecular formula is C25H20F4N2O2. The zero-order valence-electron chi connectivity index (χ0n) is 17.5. The molecule has 0 aliphatic carbocycles. The molecule has 170 valence electrons. The second-order valence-electron chi connectivity index (χ2n) is 7.40. The first-order valence-corrected chi connectivity index (χ1v) is 10.00. The third-order valence-electron chi connectivity index (χ3n) is 4.74. The minimum atomic E-state index is -4.40. The van der Waals surface area contributed by atoms with Crippen LogP contribution in [0.5, 0.6) is 0 Å². The minimum absolute atomic E-state index is 0.146. The molecule has 0 aromatic heterocycles. The molecule has 0 heterocycles. The van der Waals surface area contributed by atoms with Crippen LogP contribution in [0.2, 0.25) is 0 Å². The average Bonchev–Trinajstić information content (AvgIpc) is 2.78. The maximum atomic E-state index is 13.7. The van der Waals surface area contributed by atoms with Gasteiger partial charge >= 0.3 is 6.18 Å². The second kappa shape index (κ2) is 10.7. The van der Waals surface area contributed by atoms with E-state index in [0.29, 0.717) is 22.3 Å². The molecule has 0 bridgehead atoms. The van der Waals surface area contributed by atoms with Crippen LogP contribution in [0.4, 0.5) is 17.6 Å². The predicted octanol–water partition coefficient (Wildman–Crippen LogP) is 5.62. The van der Waals surface area contributed by atoms with Crippen molar-refractivity contribution in [2.24, 2.45) is 0 Å². The van der Waals surface area contributed by atoms with E-state index in [9.17, 15) is 22.4 Å². The minimum Gasteiger partial charge on any atom is -0.367 e. The van der Waals surface area contributed by atoms with Crippen LogP contribution >= 0.6 is 0 Å². The molecule has 0 N–H and O–H groups in total. The molecule has 0 unspecified atom stereocenters. The van der Waals surface area contributed by atoms with Gasteiger partial charge in [0.2, 0.25) is 0 Å². The van der Waals surface area contributed by atoms with Crippen molar-refractivity contribution in [1.29, 1.82) is 5.26 Å². The second-order valence-corrected chi connectivity index (χ2v) is 7.40. The lowest BCUT2D eigenvalue weighted by atomic mass is 10.1. The van der Waals surface area contributed by atoms with Crippen molar-refractivity contribution in [1.82, 2.24) is 4.90 Å². The highest BCUT2D eigenvalue weighted by molar-refractivity contribution is 5.94. The van der Waals surface area contributed by atoms with E-state index in [-0.39, 0.29) is 25.6 Å². The SMILES string of the molecule is N#Cc1ccc(CN(Cc2cccc(F)c2)C(=O)c2ccc(COCC(F)(F)F)cc2)cc1. The van der Waals surface area contributed by atoms with Gasteiger partial charge in [0, 0.05) is 18.7 Å². The van der Waals surface area contributed by atoms with Gasteiger partial charge in [0.15, 0.2) is 0 Å². The lowest BCUT2D eigenvalue weighted by Crippen LogP contribution is -2.30. The van der Waals surface area contributed by atoms with Crippen LogP contribution in [-0.2, 0) is 24.4 Å². The zero-order valence-corrected chi connectivity index (χ0v) is 17.5. The van der Waals surface area contributed by atoms with Crippen LogP contribution in [0.15, 0.2) is 72.8 Å². The van der Waals surface area contributed by atoms with Crippen molar-refractivity contribution in [3.05, 3.63) is 106 Å². The van der Waals surface area contributed by atoms with Gasteiger partial charge < -0.3 is 9.64 Å². The van der Waals surface area contributed by atoms with E-state index in [2.05, 4.69) is 4.74 Å². The summed E-state index contributed by atoms with van der Waals surface area (Å²) in [6.45, 7) is -1.21. The Morgan fingerprint density at radius 1 is 0.909 bits per heavy atom. The van der Waals surface area contributed by atoms with Crippen molar-refractivity contribution in [3.63, 3.8) is 0 Å². The van der Waals surface area contributed by atoms with Gasteiger partial charge in [-0.15, -0.1) is 0 Å². The highest BCUT2D eigenvalue weighted by Crippen LogP contribution is 2.18. The molecule has 3 rings (SSSR count). The van der Waals surface area contributed by atoms with Crippen molar-refractivity contribution in [2.45, 2.75) is 25.9 Å². The van der Waals surface area contributed by atoms with E-state index < -0.39 is 18.6 Å². The third-order valence-corrected chi connectivity index (χ3v) is 4.74. The van der Waals surface area contributed by atoms with Crippen LogP contribution in [0.25, 0.3) is 0 Å². The Morgan fingerprint density at radius 2 is 1.55 bits per heavy atom. The Morgan fingerprint density at radius 3 is 2.15 bits per heavy atom. The van der Waals surface area contributed by atoms with Gasteiger partial charge in [-0.2, -0.15) is 18.4 Å². The first-order chi connectivity index (χ1) is 15.7. The van der Waals surface area contributed by atoms with Crippen molar-refractivity contribution in [3.8, 4) is 6.07 Å². The average molecular weight is 456 g/mol. The monoisotopic (exact) mass is 456 g/mol. The van der Waals surface area contributed by atoms with Crippen molar-refractivity contribution < 1.29 is 27.1 Å². The number of hydrogen-bond acceptors (Lipinski definition) is 3. The van der Waals surface area contributed by atoms with Gasteiger partial charge in [-0.1, -0.05) is 36.4 Å². The van der Waals surface area contributed by atoms with E-state index in [0.717, 1.165) is 5.56 Å². The summed E-state index contributed by atoms with van der Waals surface area (Å²) in [5.74, 6) is -0.743. The summed E-state index contributed by atoms with van der Waals surface area (Å²) < 4.78 is 55.0. The number of benzene rings is 3. The Hall–Kier alpha value is -3.70. The molecule has 33 heavy (non-hydrogen) atoms. The Bertz CT molecular complexity index is 1120. The molecule has 8 heteroatoms. The molecular weight excluding hydrogens is 436 g/mol. The van der Waals surface area contributed by atoms with Crippen LogP contribution < -0.4 is 0 Å². The van der Waals surface area contributed by atoms with Crippen molar-refractivity contribution >= 4 is 5.91 Å². The Labute approximate surface area is 188 Å². The number of rotatable bonds is 8. The largest absolute Gasteiger partial charge is 0.411 e. The number of nitrogens with zero attached hydrogens (tertiary/aromatic N) is 2. The van der Waals surface area contributed by atoms with Crippen LogP contribution in [0, 0.1) is 17.1 Å². The molecule has 0 saturated carbocycles. The maximum absolute atomic E-state index is 13.7. The van der Waals surface area contributed by atoms with Gasteiger partial charge in [0.1, 0.15) is 12.4 Å². The van der Waals surface area contributed by atoms with Gasteiger partial charge in [0.05, 0.1) is 18.2 Å². The summed E-state index contributed by atoms with van der Waals surface area (Å²) in [5, 5.41) is 8.97. The number of carbonyl (C=O) groups excluding carboxylic acids is 1. The summed E-state index contributed by atoms with van der Waals surface area (Å²) in [7, 11) is 0. The first kappa shape index (κ1) is 24.0. The molecule has 1 amide bonds. The fourth-order valence-electron chi connectivity index (χ4n) is 3.17. The normalized spacial score (nSPS) is 11.1. The molecule has 0 aliphatic heterocycles. The summed E-state index contributed by atoms with van der Waals surface area (Å²) >= 11 is 0. The smallest absolute Gasteiger partial charge is 0.367 e. The number of nitriles is 1. The molecule has 0 saturated heterocycles. The van der Waals surface area contributed by atoms with E-state index >= 15 is 0 Å². The Kier molecular flexibility index (Phi) is 7.80. The number of amides is 1. The molecule has 0 spiro atoms. The van der Waals surface area contributed by atoms with Gasteiger partial charge in [-0.25, -0.2) is 4.39 Å². The van der Waals surface area contributed by atoms with Crippen LogP contribution in [0.1, 0.15) is 32.6 Å². The maximum Gasteiger partial charge on any atom is 0.411 e. The number of halogens is 4. The molecule has 0 aliphatic rings. The van der Waals surface area contributed by atoms with Crippen molar-refractivity contribution in [2.75, 3.05) is 6.61 Å². The number of hydrogen-bond donors (Lipinski definition) is 0. The lowest BCUT2D eigenvalue weighted by Gasteiger charge is -2.23. The molecule has 0 radical (unpaired) electrons. The van der Waals surface area contributed by atoms with E-state index in [4.69, 9.17) is 5.26 Å². The van der Waals surface area contributed by atoms with Crippen LogP contribution in [0.3, 0.4) is 0 Å². The van der Waals surface area contributed by atoms with Gasteiger partial charge in [0.25, 0.3) is 5.91 Å². The molecule has 0 atom stereocenters. The summed E-state index contributed by atoms with van der Waals surface area (Å²) in [6, 6.07) is 20.9. The summed E-state index contributed by atoms with van der Waals surface area (Å²) in [5.41, 5.74) is 2.72. The first-order valence-electron chi connectivity index (χ1n) is 10.00. The summed E-state index contributed by atoms with van der Waals surface area (Å²) in [4.78, 5) is 14.8. The number of alkyl halides is 3. The van der Waals surface area contributed by atoms with Gasteiger partial charge in [-0.05, 0) is 53.1 Å². The molecule has 4 nitrogen and oxygen atoms in total. The number of ether oxygens (including phenoxy) is 1. The third kappa shape index (κ3) is 7.44. The van der Waals surface area contributed by atoms with E-state index in [1.807, 2.05) is 6.07 Å².